The van der Waals surface area contributed by atoms with Crippen LogP contribution in [-0.4, -0.2) is 57.9 Å². The Labute approximate surface area is 103 Å². The summed E-state index contributed by atoms with van der Waals surface area (Å²) in [7, 11) is 0.791. The largest absolute Gasteiger partial charge is 0.346 e. The van der Waals surface area contributed by atoms with Crippen molar-refractivity contribution in [3.63, 3.8) is 0 Å². The summed E-state index contributed by atoms with van der Waals surface area (Å²) in [5, 5.41) is 3.03. The first kappa shape index (κ1) is 14.4. The van der Waals surface area contributed by atoms with Gasteiger partial charge in [0.25, 0.3) is 0 Å². The zero-order valence-electron chi connectivity index (χ0n) is 10.6. The third-order valence-electron chi connectivity index (χ3n) is 3.14. The maximum Gasteiger partial charge on any atom is 0.222 e. The van der Waals surface area contributed by atoms with Gasteiger partial charge in [-0.3, -0.25) is 4.79 Å². The van der Waals surface area contributed by atoms with Crippen LogP contribution in [0.3, 0.4) is 0 Å². The highest BCUT2D eigenvalue weighted by Crippen LogP contribution is 2.22. The highest BCUT2D eigenvalue weighted by Gasteiger charge is 2.29. The monoisotopic (exact) mass is 262 g/mol. The molecule has 0 spiro atoms. The normalized spacial score (nSPS) is 22.6. The second-order valence-corrected chi connectivity index (χ2v) is 6.97. The number of carbonyl (C=O) groups excluding carboxylic acids is 1. The van der Waals surface area contributed by atoms with Gasteiger partial charge in [0.1, 0.15) is 0 Å². The number of amides is 1. The third kappa shape index (κ3) is 5.04. The van der Waals surface area contributed by atoms with E-state index < -0.39 is 9.84 Å². The van der Waals surface area contributed by atoms with Gasteiger partial charge in [-0.25, -0.2) is 8.42 Å². The van der Waals surface area contributed by atoms with E-state index in [9.17, 15) is 13.2 Å². The molecular weight excluding hydrogens is 240 g/mol. The average molecular weight is 262 g/mol. The second kappa shape index (κ2) is 6.35. The van der Waals surface area contributed by atoms with Gasteiger partial charge in [-0.05, 0) is 32.4 Å². The van der Waals surface area contributed by atoms with E-state index in [1.165, 1.54) is 0 Å². The fraction of sp³-hybridized carbons (Fsp3) is 0.909. The Bertz CT molecular complexity index is 354. The molecule has 1 rings (SSSR count). The summed E-state index contributed by atoms with van der Waals surface area (Å²) in [6, 6.07) is 0. The number of sulfone groups is 1. The van der Waals surface area contributed by atoms with Crippen LogP contribution in [0.2, 0.25) is 0 Å². The van der Waals surface area contributed by atoms with E-state index in [2.05, 4.69) is 5.32 Å². The molecule has 5 nitrogen and oxygen atoms in total. The number of carbonyl (C=O) groups is 1. The fourth-order valence-electron chi connectivity index (χ4n) is 2.05. The van der Waals surface area contributed by atoms with Gasteiger partial charge < -0.3 is 10.2 Å². The van der Waals surface area contributed by atoms with Gasteiger partial charge in [0.05, 0.1) is 11.5 Å². The van der Waals surface area contributed by atoms with E-state index in [0.29, 0.717) is 12.8 Å². The van der Waals surface area contributed by atoms with Crippen molar-refractivity contribution in [2.75, 3.05) is 38.7 Å². The van der Waals surface area contributed by atoms with Gasteiger partial charge in [0, 0.05) is 20.0 Å². The Morgan fingerprint density at radius 1 is 1.47 bits per heavy atom. The minimum absolute atomic E-state index is 0.0271. The predicted molar refractivity (Wildman–Crippen MR) is 67.6 cm³/mol. The molecule has 0 saturated carbocycles. The van der Waals surface area contributed by atoms with E-state index in [0.717, 1.165) is 19.5 Å². The Kier molecular flexibility index (Phi) is 5.39. The first-order valence-electron chi connectivity index (χ1n) is 6.03. The molecule has 1 heterocycles. The van der Waals surface area contributed by atoms with Crippen LogP contribution < -0.4 is 5.32 Å². The van der Waals surface area contributed by atoms with Gasteiger partial charge in [0.15, 0.2) is 9.84 Å². The maximum atomic E-state index is 11.8. The summed E-state index contributed by atoms with van der Waals surface area (Å²) in [5.41, 5.74) is 0. The molecule has 1 aliphatic heterocycles. The van der Waals surface area contributed by atoms with Crippen LogP contribution in [-0.2, 0) is 14.6 Å². The highest BCUT2D eigenvalue weighted by atomic mass is 32.2. The van der Waals surface area contributed by atoms with Crippen molar-refractivity contribution < 1.29 is 13.2 Å². The number of nitrogens with zero attached hydrogens (tertiary/aromatic N) is 1. The standard InChI is InChI=1S/C11H22N2O3S/c1-12-5-3-6-13(2)11(14)8-10-4-7-17(15,16)9-10/h10,12H,3-9H2,1-2H3. The van der Waals surface area contributed by atoms with Crippen molar-refractivity contribution in [3.05, 3.63) is 0 Å². The number of rotatable bonds is 6. The first-order valence-corrected chi connectivity index (χ1v) is 7.86. The molecule has 17 heavy (non-hydrogen) atoms. The molecule has 1 N–H and O–H groups in total. The van der Waals surface area contributed by atoms with Crippen molar-refractivity contribution in [1.82, 2.24) is 10.2 Å². The lowest BCUT2D eigenvalue weighted by Gasteiger charge is -2.18. The summed E-state index contributed by atoms with van der Waals surface area (Å²) < 4.78 is 22.5. The number of hydrogen-bond acceptors (Lipinski definition) is 4. The van der Waals surface area contributed by atoms with Crippen LogP contribution in [0, 0.1) is 5.92 Å². The van der Waals surface area contributed by atoms with Crippen LogP contribution >= 0.6 is 0 Å². The average Bonchev–Trinajstić information content (AvgIpc) is 2.58. The van der Waals surface area contributed by atoms with Gasteiger partial charge in [-0.15, -0.1) is 0 Å². The minimum Gasteiger partial charge on any atom is -0.346 e. The lowest BCUT2D eigenvalue weighted by molar-refractivity contribution is -0.130. The van der Waals surface area contributed by atoms with Gasteiger partial charge >= 0.3 is 0 Å². The van der Waals surface area contributed by atoms with Gasteiger partial charge in [0.2, 0.25) is 5.91 Å². The molecule has 0 bridgehead atoms. The van der Waals surface area contributed by atoms with Crippen LogP contribution in [0.5, 0.6) is 0 Å². The smallest absolute Gasteiger partial charge is 0.222 e. The van der Waals surface area contributed by atoms with E-state index in [4.69, 9.17) is 0 Å². The molecule has 0 aromatic carbocycles. The third-order valence-corrected chi connectivity index (χ3v) is 4.97. The number of hydrogen-bond donors (Lipinski definition) is 1. The van der Waals surface area contributed by atoms with Crippen LogP contribution in [0.25, 0.3) is 0 Å². The summed E-state index contributed by atoms with van der Waals surface area (Å²) in [6.45, 7) is 1.61. The second-order valence-electron chi connectivity index (χ2n) is 4.75. The summed E-state index contributed by atoms with van der Waals surface area (Å²) in [5.74, 6) is 0.514. The molecule has 1 unspecified atom stereocenters. The molecule has 100 valence electrons. The Morgan fingerprint density at radius 3 is 2.71 bits per heavy atom. The van der Waals surface area contributed by atoms with Crippen molar-refractivity contribution in [3.8, 4) is 0 Å². The van der Waals surface area contributed by atoms with E-state index in [-0.39, 0.29) is 23.3 Å². The van der Waals surface area contributed by atoms with Crippen molar-refractivity contribution >= 4 is 15.7 Å². The Morgan fingerprint density at radius 2 is 2.18 bits per heavy atom. The molecule has 0 radical (unpaired) electrons. The molecule has 0 aromatic heterocycles. The quantitative estimate of drug-likeness (QED) is 0.678. The Balaban J connectivity index is 2.29. The van der Waals surface area contributed by atoms with Crippen molar-refractivity contribution in [1.29, 1.82) is 0 Å². The molecular formula is C11H22N2O3S. The predicted octanol–water partition coefficient (Wildman–Crippen LogP) is -0.121. The van der Waals surface area contributed by atoms with Gasteiger partial charge in [-0.1, -0.05) is 0 Å². The molecule has 0 aliphatic carbocycles. The van der Waals surface area contributed by atoms with E-state index in [1.54, 1.807) is 11.9 Å². The van der Waals surface area contributed by atoms with Crippen LogP contribution in [0.1, 0.15) is 19.3 Å². The zero-order valence-corrected chi connectivity index (χ0v) is 11.4. The Hall–Kier alpha value is -0.620. The fourth-order valence-corrected chi connectivity index (χ4v) is 3.92. The van der Waals surface area contributed by atoms with Crippen molar-refractivity contribution in [2.45, 2.75) is 19.3 Å². The summed E-state index contributed by atoms with van der Waals surface area (Å²) in [6.07, 6.45) is 1.93. The van der Waals surface area contributed by atoms with Crippen LogP contribution in [0.15, 0.2) is 0 Å². The SMILES string of the molecule is CNCCCN(C)C(=O)CC1CCS(=O)(=O)C1. The summed E-state index contributed by atoms with van der Waals surface area (Å²) >= 11 is 0. The maximum absolute atomic E-state index is 11.8. The minimum atomic E-state index is -2.87. The molecule has 1 fully saturated rings. The molecule has 6 heteroatoms. The van der Waals surface area contributed by atoms with Crippen LogP contribution in [0.4, 0.5) is 0 Å². The molecule has 0 aromatic rings. The zero-order chi connectivity index (χ0) is 12.9. The first-order chi connectivity index (χ1) is 7.94. The highest BCUT2D eigenvalue weighted by molar-refractivity contribution is 7.91. The van der Waals surface area contributed by atoms with E-state index >= 15 is 0 Å². The van der Waals surface area contributed by atoms with E-state index in [1.807, 2.05) is 7.05 Å². The molecule has 1 amide bonds. The lowest BCUT2D eigenvalue weighted by Crippen LogP contribution is -2.31. The topological polar surface area (TPSA) is 66.5 Å². The number of nitrogens with one attached hydrogen (secondary N) is 1. The lowest BCUT2D eigenvalue weighted by atomic mass is 10.0. The molecule has 1 atom stereocenters. The van der Waals surface area contributed by atoms with Gasteiger partial charge in [-0.2, -0.15) is 0 Å². The summed E-state index contributed by atoms with van der Waals surface area (Å²) in [4.78, 5) is 13.5. The van der Waals surface area contributed by atoms with Crippen molar-refractivity contribution in [2.24, 2.45) is 5.92 Å². The molecule has 1 saturated heterocycles. The molecule has 1 aliphatic rings.